The van der Waals surface area contributed by atoms with E-state index in [0.29, 0.717) is 38.3 Å². The summed E-state index contributed by atoms with van der Waals surface area (Å²) in [6, 6.07) is 11.2. The Morgan fingerprint density at radius 1 is 1.24 bits per heavy atom. The van der Waals surface area contributed by atoms with Crippen molar-refractivity contribution in [3.8, 4) is 5.75 Å². The molecule has 0 radical (unpaired) electrons. The number of nitrogens with zero attached hydrogens (tertiary/aromatic N) is 1. The van der Waals surface area contributed by atoms with Gasteiger partial charge >= 0.3 is 5.97 Å². The van der Waals surface area contributed by atoms with Crippen molar-refractivity contribution in [2.45, 2.75) is 81.7 Å². The van der Waals surface area contributed by atoms with E-state index in [2.05, 4.69) is 17.0 Å². The molecular weight excluding hydrogens is 628 g/mol. The number of primary sulfonamides is 1. The highest BCUT2D eigenvalue weighted by molar-refractivity contribution is 7.89. The molecule has 2 aliphatic carbocycles. The Morgan fingerprint density at radius 2 is 2.02 bits per heavy atom. The van der Waals surface area contributed by atoms with Gasteiger partial charge in [-0.3, -0.25) is 0 Å². The highest BCUT2D eigenvalue weighted by atomic mass is 35.5. The van der Waals surface area contributed by atoms with Crippen molar-refractivity contribution in [1.29, 1.82) is 0 Å². The second-order valence-electron chi connectivity index (χ2n) is 13.6. The Balaban J connectivity index is 1.34. The van der Waals surface area contributed by atoms with Crippen molar-refractivity contribution in [1.82, 2.24) is 0 Å². The number of carbonyl (C=O) groups is 1. The number of halogens is 1. The minimum absolute atomic E-state index is 0.0257. The molecule has 2 aromatic rings. The van der Waals surface area contributed by atoms with Crippen LogP contribution in [-0.2, 0) is 26.6 Å². The summed E-state index contributed by atoms with van der Waals surface area (Å²) in [7, 11) is -2.21. The molecule has 0 amide bonds. The first-order valence-corrected chi connectivity index (χ1v) is 18.2. The SMILES string of the molecule is COC(C)CC(C(C)C/C=C/C(O)[C@@H]1CC[C@H]1CN1C[C@@]2(CCCc3cc(Cl)ccc32)COc2ccc(C(=O)O)cc21)S(N)(=O)=O. The molecule has 11 heteroatoms. The molecule has 0 bridgehead atoms. The molecule has 4 unspecified atom stereocenters. The van der Waals surface area contributed by atoms with Crippen LogP contribution in [0.25, 0.3) is 0 Å². The van der Waals surface area contributed by atoms with Crippen molar-refractivity contribution in [3.63, 3.8) is 0 Å². The van der Waals surface area contributed by atoms with E-state index >= 15 is 0 Å². The maximum atomic E-state index is 12.3. The first kappa shape index (κ1) is 34.7. The molecular formula is C35H47ClN2O7S. The summed E-state index contributed by atoms with van der Waals surface area (Å²) < 4.78 is 36.3. The zero-order chi connectivity index (χ0) is 33.2. The van der Waals surface area contributed by atoms with E-state index in [1.165, 1.54) is 11.1 Å². The molecule has 5 rings (SSSR count). The lowest BCUT2D eigenvalue weighted by Gasteiger charge is -2.45. The number of carboxylic acid groups (broad SMARTS) is 1. The summed E-state index contributed by atoms with van der Waals surface area (Å²) in [5.74, 6) is -0.355. The van der Waals surface area contributed by atoms with Gasteiger partial charge in [0.05, 0.1) is 35.3 Å². The number of allylic oxidation sites excluding steroid dienone is 1. The number of aliphatic hydroxyl groups excluding tert-OH is 1. The molecule has 7 atom stereocenters. The number of rotatable bonds is 12. The molecule has 252 valence electrons. The van der Waals surface area contributed by atoms with Crippen LogP contribution >= 0.6 is 11.6 Å². The lowest BCUT2D eigenvalue weighted by atomic mass is 9.68. The van der Waals surface area contributed by atoms with Gasteiger partial charge in [-0.25, -0.2) is 18.4 Å². The predicted octanol–water partition coefficient (Wildman–Crippen LogP) is 5.56. The van der Waals surface area contributed by atoms with Crippen LogP contribution in [0.15, 0.2) is 48.6 Å². The summed E-state index contributed by atoms with van der Waals surface area (Å²) in [5, 5.41) is 26.6. The van der Waals surface area contributed by atoms with Gasteiger partial charge in [-0.2, -0.15) is 0 Å². The number of methoxy groups -OCH3 is 1. The zero-order valence-electron chi connectivity index (χ0n) is 26.9. The van der Waals surface area contributed by atoms with Gasteiger partial charge in [0.25, 0.3) is 0 Å². The van der Waals surface area contributed by atoms with Crippen LogP contribution in [-0.4, -0.2) is 68.9 Å². The third-order valence-corrected chi connectivity index (χ3v) is 12.3. The van der Waals surface area contributed by atoms with E-state index < -0.39 is 27.3 Å². The Bertz CT molecular complexity index is 1550. The van der Waals surface area contributed by atoms with Crippen molar-refractivity contribution in [2.24, 2.45) is 22.9 Å². The van der Waals surface area contributed by atoms with Crippen LogP contribution < -0.4 is 14.8 Å². The van der Waals surface area contributed by atoms with E-state index in [1.807, 2.05) is 26.0 Å². The van der Waals surface area contributed by atoms with Crippen molar-refractivity contribution < 1.29 is 32.9 Å². The molecule has 1 spiro atoms. The summed E-state index contributed by atoms with van der Waals surface area (Å²) in [6.07, 6.45) is 8.23. The Morgan fingerprint density at radius 3 is 2.70 bits per heavy atom. The van der Waals surface area contributed by atoms with Crippen LogP contribution in [0.4, 0.5) is 5.69 Å². The van der Waals surface area contributed by atoms with Gasteiger partial charge in [0.15, 0.2) is 0 Å². The van der Waals surface area contributed by atoms with Gasteiger partial charge in [0, 0.05) is 30.6 Å². The fraction of sp³-hybridized carbons (Fsp3) is 0.571. The second kappa shape index (κ2) is 14.2. The number of hydrogen-bond donors (Lipinski definition) is 3. The Labute approximate surface area is 277 Å². The van der Waals surface area contributed by atoms with Crippen molar-refractivity contribution in [2.75, 3.05) is 31.7 Å². The number of benzene rings is 2. The molecule has 0 aromatic heterocycles. The molecule has 46 heavy (non-hydrogen) atoms. The number of aliphatic hydroxyl groups is 1. The molecule has 1 aliphatic heterocycles. The van der Waals surface area contributed by atoms with E-state index in [9.17, 15) is 23.4 Å². The third kappa shape index (κ3) is 7.57. The first-order valence-electron chi connectivity index (χ1n) is 16.2. The van der Waals surface area contributed by atoms with Crippen LogP contribution in [0.1, 0.15) is 73.9 Å². The van der Waals surface area contributed by atoms with Crippen LogP contribution in [0, 0.1) is 17.8 Å². The van der Waals surface area contributed by atoms with Gasteiger partial charge in [0.1, 0.15) is 5.75 Å². The highest BCUT2D eigenvalue weighted by Crippen LogP contribution is 2.46. The lowest BCUT2D eigenvalue weighted by molar-refractivity contribution is 0.0455. The summed E-state index contributed by atoms with van der Waals surface area (Å²) in [6.45, 7) is 5.48. The van der Waals surface area contributed by atoms with Gasteiger partial charge in [-0.1, -0.05) is 36.7 Å². The minimum Gasteiger partial charge on any atom is -0.490 e. The number of anilines is 1. The topological polar surface area (TPSA) is 139 Å². The van der Waals surface area contributed by atoms with Crippen LogP contribution in [0.3, 0.4) is 0 Å². The maximum Gasteiger partial charge on any atom is 0.335 e. The number of sulfonamides is 1. The van der Waals surface area contributed by atoms with Gasteiger partial charge < -0.3 is 24.6 Å². The number of fused-ring (bicyclic) bond motifs is 3. The standard InChI is InChI=1S/C35H47ClN2O7S/c1-22(33(46(37,42)43)16-23(2)44-3)6-4-8-31(39)28-12-9-26(28)19-38-20-35(15-5-7-24-17-27(36)11-13-29(24)35)21-45-32-14-10-25(34(40)41)18-30(32)38/h4,8,10-11,13-14,17-18,22-23,26,28,31,33,39H,5-7,9,12,15-16,19-21H2,1-3H3,(H,40,41)(H2,37,42,43)/b8-4+/t22?,23?,26-,28+,31?,33?,35-/m0/s1. The number of nitrogens with two attached hydrogens (primary N) is 1. The largest absolute Gasteiger partial charge is 0.490 e. The summed E-state index contributed by atoms with van der Waals surface area (Å²) >= 11 is 6.38. The van der Waals surface area contributed by atoms with Gasteiger partial charge in [-0.15, -0.1) is 0 Å². The summed E-state index contributed by atoms with van der Waals surface area (Å²) in [5.41, 5.74) is 3.16. The molecule has 1 fully saturated rings. The number of hydrogen-bond acceptors (Lipinski definition) is 7. The number of carboxylic acids is 1. The molecule has 2 aromatic carbocycles. The Hall–Kier alpha value is -2.63. The molecule has 0 saturated heterocycles. The second-order valence-corrected chi connectivity index (χ2v) is 15.9. The molecule has 9 nitrogen and oxygen atoms in total. The Kier molecular flexibility index (Phi) is 10.7. The molecule has 3 aliphatic rings. The quantitative estimate of drug-likeness (QED) is 0.249. The maximum absolute atomic E-state index is 12.3. The fourth-order valence-corrected chi connectivity index (χ4v) is 9.13. The molecule has 4 N–H and O–H groups in total. The predicted molar refractivity (Wildman–Crippen MR) is 180 cm³/mol. The number of ether oxygens (including phenoxy) is 2. The number of aryl methyl sites for hydroxylation is 1. The van der Waals surface area contributed by atoms with Gasteiger partial charge in [0.2, 0.25) is 10.0 Å². The van der Waals surface area contributed by atoms with E-state index in [-0.39, 0.29) is 34.8 Å². The van der Waals surface area contributed by atoms with Crippen LogP contribution in [0.2, 0.25) is 5.02 Å². The van der Waals surface area contributed by atoms with Crippen molar-refractivity contribution in [3.05, 3.63) is 70.3 Å². The highest BCUT2D eigenvalue weighted by Gasteiger charge is 2.44. The minimum atomic E-state index is -3.76. The average Bonchev–Trinajstić information content (AvgIpc) is 3.14. The average molecular weight is 675 g/mol. The van der Waals surface area contributed by atoms with E-state index in [1.54, 1.807) is 31.4 Å². The van der Waals surface area contributed by atoms with E-state index in [0.717, 1.165) is 42.8 Å². The van der Waals surface area contributed by atoms with Crippen LogP contribution in [0.5, 0.6) is 5.75 Å². The molecule has 1 saturated carbocycles. The fourth-order valence-electron chi connectivity index (χ4n) is 7.64. The smallest absolute Gasteiger partial charge is 0.335 e. The number of aromatic carboxylic acids is 1. The zero-order valence-corrected chi connectivity index (χ0v) is 28.5. The monoisotopic (exact) mass is 674 g/mol. The van der Waals surface area contributed by atoms with E-state index in [4.69, 9.17) is 26.2 Å². The first-order chi connectivity index (χ1) is 21.8. The normalized spacial score (nSPS) is 25.5. The van der Waals surface area contributed by atoms with Crippen molar-refractivity contribution >= 4 is 33.3 Å². The third-order valence-electron chi connectivity index (χ3n) is 10.5. The summed E-state index contributed by atoms with van der Waals surface area (Å²) in [4.78, 5) is 14.2. The lowest BCUT2D eigenvalue weighted by Crippen LogP contribution is -2.49. The molecule has 1 heterocycles. The van der Waals surface area contributed by atoms with Gasteiger partial charge in [-0.05, 0) is 111 Å².